The summed E-state index contributed by atoms with van der Waals surface area (Å²) >= 11 is 0. The molecular weight excluding hydrogens is 344 g/mol. The molecular formula is C20H30N4O3. The highest BCUT2D eigenvalue weighted by molar-refractivity contribution is 5.94. The molecule has 0 aliphatic carbocycles. The number of hydrogen-bond donors (Lipinski definition) is 2. The number of ether oxygens (including phenoxy) is 1. The third-order valence-electron chi connectivity index (χ3n) is 5.45. The van der Waals surface area contributed by atoms with Crippen LogP contribution in [0.3, 0.4) is 0 Å². The van der Waals surface area contributed by atoms with Crippen molar-refractivity contribution in [2.75, 3.05) is 46.4 Å². The molecule has 0 aromatic heterocycles. The van der Waals surface area contributed by atoms with Crippen molar-refractivity contribution in [3.8, 4) is 5.75 Å². The molecule has 1 aromatic carbocycles. The SMILES string of the molecule is COc1cccc(C(=O)NN2CCN(C(=O)CCC3CCNCC3)CC2)c1. The van der Waals surface area contributed by atoms with Crippen LogP contribution in [0.4, 0.5) is 0 Å². The van der Waals surface area contributed by atoms with Crippen LogP contribution in [0.25, 0.3) is 0 Å². The molecule has 0 atom stereocenters. The smallest absolute Gasteiger partial charge is 0.265 e. The van der Waals surface area contributed by atoms with Crippen LogP contribution < -0.4 is 15.5 Å². The van der Waals surface area contributed by atoms with Gasteiger partial charge in [0.05, 0.1) is 7.11 Å². The monoisotopic (exact) mass is 374 g/mol. The molecule has 0 spiro atoms. The predicted molar refractivity (Wildman–Crippen MR) is 103 cm³/mol. The van der Waals surface area contributed by atoms with Crippen LogP contribution in [-0.2, 0) is 4.79 Å². The largest absolute Gasteiger partial charge is 0.497 e. The Labute approximate surface area is 161 Å². The van der Waals surface area contributed by atoms with Crippen LogP contribution in [0.15, 0.2) is 24.3 Å². The van der Waals surface area contributed by atoms with Gasteiger partial charge in [-0.3, -0.25) is 15.0 Å². The van der Waals surface area contributed by atoms with Crippen molar-refractivity contribution in [2.45, 2.75) is 25.7 Å². The normalized spacial score (nSPS) is 18.9. The number of hydrogen-bond acceptors (Lipinski definition) is 5. The van der Waals surface area contributed by atoms with E-state index < -0.39 is 0 Å². The Balaban J connectivity index is 1.40. The van der Waals surface area contributed by atoms with Crippen LogP contribution in [0.2, 0.25) is 0 Å². The molecule has 2 saturated heterocycles. The minimum absolute atomic E-state index is 0.153. The second-order valence-corrected chi connectivity index (χ2v) is 7.27. The van der Waals surface area contributed by atoms with Crippen LogP contribution in [0, 0.1) is 5.92 Å². The number of amides is 2. The molecule has 0 saturated carbocycles. The number of piperidine rings is 1. The maximum absolute atomic E-state index is 12.5. The molecule has 2 fully saturated rings. The Morgan fingerprint density at radius 1 is 1.19 bits per heavy atom. The van der Waals surface area contributed by atoms with Gasteiger partial charge in [-0.1, -0.05) is 6.07 Å². The molecule has 7 nitrogen and oxygen atoms in total. The van der Waals surface area contributed by atoms with Gasteiger partial charge in [-0.2, -0.15) is 0 Å². The van der Waals surface area contributed by atoms with E-state index in [9.17, 15) is 9.59 Å². The van der Waals surface area contributed by atoms with Crippen molar-refractivity contribution in [3.63, 3.8) is 0 Å². The van der Waals surface area contributed by atoms with Crippen LogP contribution in [0.5, 0.6) is 5.75 Å². The summed E-state index contributed by atoms with van der Waals surface area (Å²) < 4.78 is 5.16. The Morgan fingerprint density at radius 3 is 2.63 bits per heavy atom. The second kappa shape index (κ2) is 9.71. The molecule has 2 N–H and O–H groups in total. The zero-order valence-electron chi connectivity index (χ0n) is 16.1. The highest BCUT2D eigenvalue weighted by atomic mass is 16.5. The van der Waals surface area contributed by atoms with Crippen LogP contribution in [-0.4, -0.2) is 68.1 Å². The second-order valence-electron chi connectivity index (χ2n) is 7.27. The maximum Gasteiger partial charge on any atom is 0.265 e. The third kappa shape index (κ3) is 5.68. The number of methoxy groups -OCH3 is 1. The van der Waals surface area contributed by atoms with Gasteiger partial charge in [-0.05, 0) is 56.5 Å². The van der Waals surface area contributed by atoms with E-state index in [2.05, 4.69) is 10.7 Å². The molecule has 2 heterocycles. The van der Waals surface area contributed by atoms with Crippen molar-refractivity contribution in [3.05, 3.63) is 29.8 Å². The van der Waals surface area contributed by atoms with E-state index in [1.54, 1.807) is 25.3 Å². The van der Waals surface area contributed by atoms with Gasteiger partial charge in [-0.15, -0.1) is 0 Å². The Hall–Kier alpha value is -2.12. The number of nitrogens with zero attached hydrogens (tertiary/aromatic N) is 2. The fourth-order valence-electron chi connectivity index (χ4n) is 3.70. The van der Waals surface area contributed by atoms with Gasteiger partial charge in [0, 0.05) is 38.2 Å². The van der Waals surface area contributed by atoms with Crippen molar-refractivity contribution >= 4 is 11.8 Å². The van der Waals surface area contributed by atoms with Gasteiger partial charge < -0.3 is 15.0 Å². The minimum atomic E-state index is -0.153. The van der Waals surface area contributed by atoms with Crippen molar-refractivity contribution in [2.24, 2.45) is 5.92 Å². The molecule has 1 aromatic rings. The summed E-state index contributed by atoms with van der Waals surface area (Å²) in [6, 6.07) is 7.09. The molecule has 0 radical (unpaired) electrons. The molecule has 0 unspecified atom stereocenters. The molecule has 2 aliphatic rings. The average molecular weight is 374 g/mol. The quantitative estimate of drug-likeness (QED) is 0.784. The molecule has 0 bridgehead atoms. The zero-order chi connectivity index (χ0) is 19.1. The first-order valence-electron chi connectivity index (χ1n) is 9.84. The van der Waals surface area contributed by atoms with E-state index in [4.69, 9.17) is 4.74 Å². The number of hydrazine groups is 1. The summed E-state index contributed by atoms with van der Waals surface area (Å²) in [7, 11) is 1.58. The minimum Gasteiger partial charge on any atom is -0.497 e. The van der Waals surface area contributed by atoms with Gasteiger partial charge in [-0.25, -0.2) is 5.01 Å². The van der Waals surface area contributed by atoms with Gasteiger partial charge >= 0.3 is 0 Å². The Kier molecular flexibility index (Phi) is 7.06. The fourth-order valence-corrected chi connectivity index (χ4v) is 3.70. The van der Waals surface area contributed by atoms with E-state index in [0.29, 0.717) is 49.8 Å². The van der Waals surface area contributed by atoms with Gasteiger partial charge in [0.15, 0.2) is 0 Å². The van der Waals surface area contributed by atoms with E-state index >= 15 is 0 Å². The highest BCUT2D eigenvalue weighted by Crippen LogP contribution is 2.18. The molecule has 3 rings (SSSR count). The first-order chi connectivity index (χ1) is 13.2. The molecule has 2 amide bonds. The molecule has 148 valence electrons. The van der Waals surface area contributed by atoms with Gasteiger partial charge in [0.25, 0.3) is 5.91 Å². The topological polar surface area (TPSA) is 73.9 Å². The first-order valence-corrected chi connectivity index (χ1v) is 9.84. The predicted octanol–water partition coefficient (Wildman–Crippen LogP) is 1.26. The lowest BCUT2D eigenvalue weighted by Crippen LogP contribution is -2.54. The third-order valence-corrected chi connectivity index (χ3v) is 5.45. The summed E-state index contributed by atoms with van der Waals surface area (Å²) in [6.07, 6.45) is 3.99. The number of carbonyl (C=O) groups is 2. The van der Waals surface area contributed by atoms with E-state index in [1.807, 2.05) is 16.0 Å². The molecule has 7 heteroatoms. The van der Waals surface area contributed by atoms with E-state index in [1.165, 1.54) is 12.8 Å². The van der Waals surface area contributed by atoms with E-state index in [0.717, 1.165) is 19.5 Å². The lowest BCUT2D eigenvalue weighted by molar-refractivity contribution is -0.133. The highest BCUT2D eigenvalue weighted by Gasteiger charge is 2.23. The summed E-state index contributed by atoms with van der Waals surface area (Å²) in [6.45, 7) is 4.76. The Bertz CT molecular complexity index is 638. The lowest BCUT2D eigenvalue weighted by Gasteiger charge is -2.35. The zero-order valence-corrected chi connectivity index (χ0v) is 16.1. The van der Waals surface area contributed by atoms with Crippen LogP contribution >= 0.6 is 0 Å². The molecule has 27 heavy (non-hydrogen) atoms. The average Bonchev–Trinajstić information content (AvgIpc) is 2.73. The fraction of sp³-hybridized carbons (Fsp3) is 0.600. The Morgan fingerprint density at radius 2 is 1.93 bits per heavy atom. The van der Waals surface area contributed by atoms with Gasteiger partial charge in [0.2, 0.25) is 5.91 Å². The summed E-state index contributed by atoms with van der Waals surface area (Å²) in [5.74, 6) is 1.43. The summed E-state index contributed by atoms with van der Waals surface area (Å²) in [5, 5.41) is 5.25. The van der Waals surface area contributed by atoms with Crippen molar-refractivity contribution < 1.29 is 14.3 Å². The number of carbonyl (C=O) groups excluding carboxylic acids is 2. The number of nitrogens with one attached hydrogen (secondary N) is 2. The van der Waals surface area contributed by atoms with E-state index in [-0.39, 0.29) is 11.8 Å². The lowest BCUT2D eigenvalue weighted by atomic mass is 9.93. The van der Waals surface area contributed by atoms with Crippen LogP contribution in [0.1, 0.15) is 36.0 Å². The standard InChI is InChI=1S/C20H30N4O3/c1-27-18-4-2-3-17(15-18)20(26)22-24-13-11-23(12-14-24)19(25)6-5-16-7-9-21-10-8-16/h2-4,15-16,21H,5-14H2,1H3,(H,22,26). The number of piperazine rings is 1. The maximum atomic E-state index is 12.5. The molecule has 2 aliphatic heterocycles. The van der Waals surface area contributed by atoms with Crippen molar-refractivity contribution in [1.82, 2.24) is 20.7 Å². The first kappa shape index (κ1) is 19.6. The summed E-state index contributed by atoms with van der Waals surface area (Å²) in [4.78, 5) is 26.8. The number of benzene rings is 1. The van der Waals surface area contributed by atoms with Crippen molar-refractivity contribution in [1.29, 1.82) is 0 Å². The number of rotatable bonds is 6. The summed E-state index contributed by atoms with van der Waals surface area (Å²) in [5.41, 5.74) is 3.49. The van der Waals surface area contributed by atoms with Gasteiger partial charge in [0.1, 0.15) is 5.75 Å².